The van der Waals surface area contributed by atoms with Gasteiger partial charge in [-0.25, -0.2) is 10.3 Å². The fourth-order valence-electron chi connectivity index (χ4n) is 3.23. The highest BCUT2D eigenvalue weighted by atomic mass is 16.8. The lowest BCUT2D eigenvalue weighted by molar-refractivity contribution is -0.202. The first kappa shape index (κ1) is 17.4. The Bertz CT molecular complexity index is 512. The van der Waals surface area contributed by atoms with E-state index in [1.54, 1.807) is 0 Å². The highest BCUT2D eigenvalue weighted by Gasteiger charge is 2.30. The fourth-order valence-corrected chi connectivity index (χ4v) is 3.23. The summed E-state index contributed by atoms with van der Waals surface area (Å²) in [6.07, 6.45) is 2.62. The van der Waals surface area contributed by atoms with Gasteiger partial charge in [-0.2, -0.15) is 0 Å². The molecule has 2 saturated heterocycles. The molecule has 0 aliphatic carbocycles. The quantitative estimate of drug-likeness (QED) is 0.829. The number of ether oxygens (including phenoxy) is 1. The molecule has 0 radical (unpaired) electrons. The van der Waals surface area contributed by atoms with Gasteiger partial charge in [0, 0.05) is 39.2 Å². The summed E-state index contributed by atoms with van der Waals surface area (Å²) in [6, 6.07) is 9.57. The Morgan fingerprint density at radius 2 is 1.96 bits per heavy atom. The monoisotopic (exact) mass is 333 g/mol. The number of amides is 1. The molecule has 0 bridgehead atoms. The van der Waals surface area contributed by atoms with Crippen LogP contribution in [0, 0.1) is 0 Å². The Kier molecular flexibility index (Phi) is 6.20. The minimum atomic E-state index is -0.330. The molecule has 2 aliphatic heterocycles. The van der Waals surface area contributed by atoms with Crippen LogP contribution in [0.25, 0.3) is 0 Å². The molecule has 2 fully saturated rings. The van der Waals surface area contributed by atoms with Crippen molar-refractivity contribution in [2.75, 3.05) is 39.8 Å². The Morgan fingerprint density at radius 3 is 2.62 bits per heavy atom. The minimum absolute atomic E-state index is 0.125. The third kappa shape index (κ3) is 4.54. The lowest BCUT2D eigenvalue weighted by Gasteiger charge is -2.37. The molecular weight excluding hydrogens is 306 g/mol. The fraction of sp³-hybridized carbons (Fsp3) is 0.611. The van der Waals surface area contributed by atoms with Crippen molar-refractivity contribution < 1.29 is 14.4 Å². The summed E-state index contributed by atoms with van der Waals surface area (Å²) >= 11 is 0. The lowest BCUT2D eigenvalue weighted by Crippen LogP contribution is -2.50. The number of likely N-dealkylation sites (N-methyl/N-ethyl adjacent to an activating group) is 1. The van der Waals surface area contributed by atoms with E-state index in [9.17, 15) is 4.79 Å². The largest absolute Gasteiger partial charge is 0.350 e. The molecular formula is C18H27N3O3. The molecule has 1 aromatic carbocycles. The van der Waals surface area contributed by atoms with Crippen LogP contribution in [0.2, 0.25) is 0 Å². The van der Waals surface area contributed by atoms with E-state index in [2.05, 4.69) is 22.3 Å². The summed E-state index contributed by atoms with van der Waals surface area (Å²) in [5.41, 5.74) is 3.63. The van der Waals surface area contributed by atoms with Crippen molar-refractivity contribution in [1.82, 2.24) is 15.3 Å². The van der Waals surface area contributed by atoms with Crippen LogP contribution in [-0.2, 0) is 14.4 Å². The van der Waals surface area contributed by atoms with E-state index in [1.165, 1.54) is 0 Å². The van der Waals surface area contributed by atoms with E-state index in [0.29, 0.717) is 6.61 Å². The lowest BCUT2D eigenvalue weighted by atomic mass is 10.0. The summed E-state index contributed by atoms with van der Waals surface area (Å²) in [4.78, 5) is 22.8. The van der Waals surface area contributed by atoms with E-state index < -0.39 is 0 Å². The number of hydrogen-bond acceptors (Lipinski definition) is 5. The van der Waals surface area contributed by atoms with Crippen LogP contribution in [-0.4, -0.2) is 61.8 Å². The molecule has 0 spiro atoms. The minimum Gasteiger partial charge on any atom is -0.350 e. The molecule has 1 amide bonds. The zero-order valence-corrected chi connectivity index (χ0v) is 14.3. The number of benzene rings is 1. The van der Waals surface area contributed by atoms with Crippen LogP contribution in [0.15, 0.2) is 30.3 Å². The molecule has 6 heteroatoms. The van der Waals surface area contributed by atoms with Gasteiger partial charge in [0.2, 0.25) is 0 Å². The topological polar surface area (TPSA) is 54.0 Å². The average Bonchev–Trinajstić information content (AvgIpc) is 2.64. The molecule has 0 aromatic heterocycles. The second-order valence-electron chi connectivity index (χ2n) is 6.53. The van der Waals surface area contributed by atoms with Gasteiger partial charge in [0.15, 0.2) is 6.29 Å². The molecule has 2 unspecified atom stereocenters. The third-order valence-corrected chi connectivity index (χ3v) is 4.70. The van der Waals surface area contributed by atoms with Gasteiger partial charge < -0.3 is 9.64 Å². The van der Waals surface area contributed by atoms with Crippen molar-refractivity contribution >= 4 is 5.91 Å². The summed E-state index contributed by atoms with van der Waals surface area (Å²) in [7, 11) is 2.11. The van der Waals surface area contributed by atoms with Crippen molar-refractivity contribution in [3.05, 3.63) is 35.9 Å². The molecule has 2 aliphatic rings. The number of carbonyl (C=O) groups excluding carboxylic acids is 1. The predicted octanol–water partition coefficient (Wildman–Crippen LogP) is 1.55. The molecule has 6 nitrogen and oxygen atoms in total. The standard InChI is InChI=1S/C18H27N3O3/c1-20-10-12-21(13-11-20)17(15-7-3-2-4-8-15)18(22)19-24-16-9-5-6-14-23-16/h2-4,7-8,16-17H,5-6,9-14H2,1H3,(H,19,22). The summed E-state index contributed by atoms with van der Waals surface area (Å²) in [5, 5.41) is 0. The molecule has 1 aromatic rings. The third-order valence-electron chi connectivity index (χ3n) is 4.70. The second-order valence-corrected chi connectivity index (χ2v) is 6.53. The number of rotatable bonds is 5. The number of piperazine rings is 1. The maximum Gasteiger partial charge on any atom is 0.265 e. The van der Waals surface area contributed by atoms with Crippen LogP contribution < -0.4 is 5.48 Å². The maximum absolute atomic E-state index is 12.8. The van der Waals surface area contributed by atoms with Gasteiger partial charge in [-0.05, 0) is 25.5 Å². The Morgan fingerprint density at radius 1 is 1.21 bits per heavy atom. The normalized spacial score (nSPS) is 24.5. The zero-order valence-electron chi connectivity index (χ0n) is 14.3. The Hall–Kier alpha value is -1.47. The summed E-state index contributed by atoms with van der Waals surface area (Å²) in [5.74, 6) is -0.125. The molecule has 0 saturated carbocycles. The number of hydrogen-bond donors (Lipinski definition) is 1. The smallest absolute Gasteiger partial charge is 0.265 e. The number of hydroxylamine groups is 1. The van der Waals surface area contributed by atoms with Gasteiger partial charge in [-0.1, -0.05) is 30.3 Å². The Labute approximate surface area is 143 Å². The first-order valence-electron chi connectivity index (χ1n) is 8.78. The molecule has 3 rings (SSSR count). The second kappa shape index (κ2) is 8.58. The Balaban J connectivity index is 1.65. The van der Waals surface area contributed by atoms with Gasteiger partial charge in [0.05, 0.1) is 0 Å². The highest BCUT2D eigenvalue weighted by Crippen LogP contribution is 2.23. The zero-order chi connectivity index (χ0) is 16.8. The van der Waals surface area contributed by atoms with Crippen LogP contribution in [0.3, 0.4) is 0 Å². The van der Waals surface area contributed by atoms with E-state index >= 15 is 0 Å². The molecule has 2 atom stereocenters. The summed E-state index contributed by atoms with van der Waals surface area (Å²) in [6.45, 7) is 4.35. The van der Waals surface area contributed by atoms with Crippen molar-refractivity contribution in [2.45, 2.75) is 31.6 Å². The maximum atomic E-state index is 12.8. The predicted molar refractivity (Wildman–Crippen MR) is 91.1 cm³/mol. The van der Waals surface area contributed by atoms with Crippen molar-refractivity contribution in [2.24, 2.45) is 0 Å². The van der Waals surface area contributed by atoms with E-state index in [-0.39, 0.29) is 18.2 Å². The van der Waals surface area contributed by atoms with Crippen LogP contribution in [0.5, 0.6) is 0 Å². The van der Waals surface area contributed by atoms with Gasteiger partial charge in [0.1, 0.15) is 6.04 Å². The molecule has 132 valence electrons. The SMILES string of the molecule is CN1CCN(C(C(=O)NOC2CCCCO2)c2ccccc2)CC1. The van der Waals surface area contributed by atoms with Gasteiger partial charge >= 0.3 is 0 Å². The number of carbonyl (C=O) groups is 1. The number of nitrogens with zero attached hydrogens (tertiary/aromatic N) is 2. The van der Waals surface area contributed by atoms with E-state index in [0.717, 1.165) is 51.0 Å². The van der Waals surface area contributed by atoms with Gasteiger partial charge in [-0.15, -0.1) is 0 Å². The molecule has 24 heavy (non-hydrogen) atoms. The van der Waals surface area contributed by atoms with E-state index in [4.69, 9.17) is 9.57 Å². The van der Waals surface area contributed by atoms with Crippen molar-refractivity contribution in [1.29, 1.82) is 0 Å². The van der Waals surface area contributed by atoms with Crippen LogP contribution in [0.1, 0.15) is 30.9 Å². The molecule has 1 N–H and O–H groups in total. The average molecular weight is 333 g/mol. The van der Waals surface area contributed by atoms with Gasteiger partial charge in [0.25, 0.3) is 5.91 Å². The van der Waals surface area contributed by atoms with Crippen molar-refractivity contribution in [3.63, 3.8) is 0 Å². The van der Waals surface area contributed by atoms with Crippen LogP contribution in [0.4, 0.5) is 0 Å². The van der Waals surface area contributed by atoms with Crippen molar-refractivity contribution in [3.8, 4) is 0 Å². The first-order valence-corrected chi connectivity index (χ1v) is 8.78. The molecule has 2 heterocycles. The van der Waals surface area contributed by atoms with Crippen LogP contribution >= 0.6 is 0 Å². The van der Waals surface area contributed by atoms with Gasteiger partial charge in [-0.3, -0.25) is 9.69 Å². The van der Waals surface area contributed by atoms with E-state index in [1.807, 2.05) is 30.3 Å². The highest BCUT2D eigenvalue weighted by molar-refractivity contribution is 5.82. The first-order chi connectivity index (χ1) is 11.7. The number of nitrogens with one attached hydrogen (secondary N) is 1. The summed E-state index contributed by atoms with van der Waals surface area (Å²) < 4.78 is 5.52.